The van der Waals surface area contributed by atoms with Gasteiger partial charge in [0.25, 0.3) is 11.7 Å². The van der Waals surface area contributed by atoms with Crippen LogP contribution >= 0.6 is 0 Å². The second-order valence-electron chi connectivity index (χ2n) is 23.1. The molecule has 80 heavy (non-hydrogen) atoms. The van der Waals surface area contributed by atoms with Crippen molar-refractivity contribution in [2.75, 3.05) is 32.8 Å². The van der Waals surface area contributed by atoms with E-state index in [1.54, 1.807) is 70.2 Å². The lowest BCUT2D eigenvalue weighted by atomic mass is 9.77. The van der Waals surface area contributed by atoms with E-state index in [1.165, 1.54) is 33.1 Å². The number of esters is 1. The first kappa shape index (κ1) is 60.9. The second kappa shape index (κ2) is 25.4. The van der Waals surface area contributed by atoms with Gasteiger partial charge in [-0.05, 0) is 81.2 Å². The van der Waals surface area contributed by atoms with Gasteiger partial charge in [-0.25, -0.2) is 0 Å². The average Bonchev–Trinajstić information content (AvgIpc) is 3.94. The summed E-state index contributed by atoms with van der Waals surface area (Å²) in [6.45, 7) is 21.5. The topological polar surface area (TPSA) is 248 Å². The van der Waals surface area contributed by atoms with Crippen molar-refractivity contribution < 1.29 is 67.8 Å². The van der Waals surface area contributed by atoms with Crippen molar-refractivity contribution in [1.29, 1.82) is 0 Å². The zero-order valence-electron chi connectivity index (χ0n) is 48.1. The van der Waals surface area contributed by atoms with E-state index in [2.05, 4.69) is 24.1 Å². The summed E-state index contributed by atoms with van der Waals surface area (Å²) in [6, 6.07) is 6.74. The third kappa shape index (κ3) is 12.6. The number of aromatic hydroxyl groups is 1. The van der Waals surface area contributed by atoms with Gasteiger partial charge in [-0.3, -0.25) is 29.0 Å². The molecule has 4 N–H and O–H groups in total. The number of aliphatic hydroxyl groups excluding tert-OH is 2. The summed E-state index contributed by atoms with van der Waals surface area (Å²) in [5.74, 6) is -7.80. The van der Waals surface area contributed by atoms with Gasteiger partial charge in [0.05, 0.1) is 53.5 Å². The molecule has 0 unspecified atom stereocenters. The Hall–Kier alpha value is -6.76. The maximum Gasteiger partial charge on any atom is 0.312 e. The Bertz CT molecular complexity index is 2870. The lowest BCUT2D eigenvalue weighted by Gasteiger charge is -2.45. The molecule has 432 valence electrons. The normalized spacial score (nSPS) is 28.6. The summed E-state index contributed by atoms with van der Waals surface area (Å²) in [4.78, 5) is 104. The molecular weight excluding hydrogens is 1020 g/mol. The number of fused-ring (bicyclic) bond motifs is 13. The maximum absolute atomic E-state index is 15.5. The van der Waals surface area contributed by atoms with Gasteiger partial charge in [0, 0.05) is 99.3 Å². The van der Waals surface area contributed by atoms with Crippen LogP contribution in [0.3, 0.4) is 0 Å². The molecule has 5 bridgehead atoms. The highest BCUT2D eigenvalue weighted by Gasteiger charge is 2.56. The molecule has 1 amide bonds. The highest BCUT2D eigenvalue weighted by atomic mass is 16.7. The lowest BCUT2D eigenvalue weighted by Crippen LogP contribution is -2.53. The van der Waals surface area contributed by atoms with Crippen LogP contribution in [0.1, 0.15) is 150 Å². The van der Waals surface area contributed by atoms with E-state index in [0.29, 0.717) is 81.6 Å². The van der Waals surface area contributed by atoms with Gasteiger partial charge < -0.3 is 59.0 Å². The molecule has 2 aromatic carbocycles. The van der Waals surface area contributed by atoms with Crippen LogP contribution in [0.2, 0.25) is 0 Å². The number of phenols is 1. The third-order valence-corrected chi connectivity index (χ3v) is 16.8. The number of amides is 1. The number of likely N-dealkylation sites (tertiary alicyclic amines) is 1. The first-order valence-electron chi connectivity index (χ1n) is 28.1. The number of unbranched alkanes of at least 4 members (excludes halogenated alkanes) is 1. The summed E-state index contributed by atoms with van der Waals surface area (Å²) in [6.07, 6.45) is 8.67. The minimum absolute atomic E-state index is 0.0171. The average molecular weight is 1110 g/mol. The van der Waals surface area contributed by atoms with E-state index in [0.717, 1.165) is 6.54 Å². The number of aliphatic hydroxyl groups is 2. The number of hydrogen-bond donors (Lipinski definition) is 4. The van der Waals surface area contributed by atoms with Crippen LogP contribution in [0.15, 0.2) is 76.8 Å². The van der Waals surface area contributed by atoms with Crippen molar-refractivity contribution in [3.05, 3.63) is 99.6 Å². The molecule has 1 fully saturated rings. The number of aldehydes is 2. The van der Waals surface area contributed by atoms with Gasteiger partial charge in [0.1, 0.15) is 47.3 Å². The minimum atomic E-state index is -2.02. The molecule has 1 aliphatic carbocycles. The quantitative estimate of drug-likeness (QED) is 0.0437. The number of allylic oxidation sites excluding steroid dienone is 5. The van der Waals surface area contributed by atoms with Crippen molar-refractivity contribution >= 4 is 47.5 Å². The van der Waals surface area contributed by atoms with Crippen molar-refractivity contribution in [1.82, 2.24) is 15.1 Å². The Kier molecular flexibility index (Phi) is 19.3. The summed E-state index contributed by atoms with van der Waals surface area (Å²) < 4.78 is 24.4. The third-order valence-electron chi connectivity index (χ3n) is 16.8. The minimum Gasteiger partial charge on any atom is -0.507 e. The lowest BCUT2D eigenvalue weighted by molar-refractivity contribution is -0.158. The number of piperidine rings is 1. The summed E-state index contributed by atoms with van der Waals surface area (Å²) in [5, 5.41) is 38.4. The SMILES string of the molecule is CC(=O)O[C@H]1[C@H](C)[C@H](O)[C@H](C)[C@@H](O)[C@@H](C)/C=C/C=C(/C)C(=O)NC2=C3C(=NC4(CCN(CC(C)C)CC4)N3CCC(=O)c3ccc(OCCCCC(C=O)C=O)cc3)c3c(c(O)c(C)c4c3C(=O)[C@@](C)(O/C=C/[C@H](C)[C@H]1C)O4)C2=O. The van der Waals surface area contributed by atoms with Crippen molar-refractivity contribution in [3.63, 3.8) is 0 Å². The second-order valence-corrected chi connectivity index (χ2v) is 23.1. The molecule has 5 aliphatic heterocycles. The Morgan fingerprint density at radius 2 is 1.57 bits per heavy atom. The Labute approximate surface area is 469 Å². The number of hydrogen-bond acceptors (Lipinski definition) is 17. The molecule has 18 nitrogen and oxygen atoms in total. The van der Waals surface area contributed by atoms with Crippen molar-refractivity contribution in [2.45, 2.75) is 144 Å². The Morgan fingerprint density at radius 1 is 0.900 bits per heavy atom. The molecule has 9 atom stereocenters. The van der Waals surface area contributed by atoms with Crippen LogP contribution < -0.4 is 14.8 Å². The van der Waals surface area contributed by atoms with E-state index in [1.807, 2.05) is 18.7 Å². The van der Waals surface area contributed by atoms with E-state index in [4.69, 9.17) is 23.9 Å². The number of ether oxygens (including phenoxy) is 4. The molecule has 6 aliphatic rings. The standard InChI is InChI=1S/C62H80N4O14/c1-34(2)31-65-27-24-62(25-28-65)64-50-47-48-55(73)41(9)58-49(47)59(75)61(11,80-58)78-30-23-35(3)38(6)57(79-42(10)69)40(8)54(72)39(7)53(71)36(4)15-14-16-37(5)60(76)63-51(56(48)74)52(50)66(62)26-22-46(70)44-18-20-45(21-19-44)77-29-13-12-17-43(32-67)33-68/h14-16,18-21,23,30,32-36,38-40,43,53-54,57,71-73H,12-13,17,22,24-29,31H2,1-11H3,(H,63,76)/b15-14+,30-23+,37-16-/t35-,36-,38+,39+,40+,53-,54+,57+,61-/m0/s1. The molecule has 5 heterocycles. The van der Waals surface area contributed by atoms with Gasteiger partial charge >= 0.3 is 11.8 Å². The highest BCUT2D eigenvalue weighted by molar-refractivity contribution is 6.34. The number of benzene rings is 2. The fourth-order valence-corrected chi connectivity index (χ4v) is 11.7. The fraction of sp³-hybridized carbons (Fsp3) is 0.548. The Morgan fingerprint density at radius 3 is 2.21 bits per heavy atom. The predicted molar refractivity (Wildman–Crippen MR) is 299 cm³/mol. The van der Waals surface area contributed by atoms with E-state index in [-0.39, 0.29) is 75.3 Å². The molecule has 0 radical (unpaired) electrons. The number of ketones is 3. The van der Waals surface area contributed by atoms with Crippen molar-refractivity contribution in [2.24, 2.45) is 46.4 Å². The molecule has 2 aromatic rings. The van der Waals surface area contributed by atoms with Crippen LogP contribution in [0.5, 0.6) is 17.2 Å². The molecule has 18 heteroatoms. The zero-order valence-corrected chi connectivity index (χ0v) is 48.1. The molecule has 0 aromatic heterocycles. The Balaban J connectivity index is 1.32. The maximum atomic E-state index is 15.5. The number of aliphatic imine (C=N–C) groups is 1. The van der Waals surface area contributed by atoms with Gasteiger partial charge in [-0.2, -0.15) is 0 Å². The largest absolute Gasteiger partial charge is 0.507 e. The summed E-state index contributed by atoms with van der Waals surface area (Å²) in [5.41, 5.74) is -0.548. The molecule has 0 saturated carbocycles. The van der Waals surface area contributed by atoms with Crippen LogP contribution in [0, 0.1) is 48.3 Å². The summed E-state index contributed by atoms with van der Waals surface area (Å²) in [7, 11) is 0. The number of carbonyl (C=O) groups is 7. The van der Waals surface area contributed by atoms with E-state index >= 15 is 9.59 Å². The number of carbonyl (C=O) groups excluding carboxylic acids is 7. The smallest absolute Gasteiger partial charge is 0.312 e. The van der Waals surface area contributed by atoms with Crippen LogP contribution in [-0.4, -0.2) is 135 Å². The molecular formula is C62H80N4O14. The van der Waals surface area contributed by atoms with Gasteiger partial charge in [0.2, 0.25) is 5.78 Å². The number of phenolic OH excluding ortho intramolecular Hbond substituents is 1. The number of nitrogens with one attached hydrogen (secondary N) is 1. The molecule has 1 spiro atoms. The monoisotopic (exact) mass is 1100 g/mol. The number of rotatable bonds is 15. The van der Waals surface area contributed by atoms with Gasteiger partial charge in [-0.1, -0.05) is 66.7 Å². The number of nitrogens with zero attached hydrogens (tertiary/aromatic N) is 3. The van der Waals surface area contributed by atoms with E-state index < -0.39 is 88.5 Å². The zero-order chi connectivity index (χ0) is 58.5. The number of Topliss-reactive ketones (excluding diaryl/α,β-unsaturated/α-hetero) is 3. The fourth-order valence-electron chi connectivity index (χ4n) is 11.7. The molecule has 8 rings (SSSR count). The van der Waals surface area contributed by atoms with Gasteiger partial charge in [-0.15, -0.1) is 0 Å². The van der Waals surface area contributed by atoms with E-state index in [9.17, 15) is 39.3 Å². The summed E-state index contributed by atoms with van der Waals surface area (Å²) >= 11 is 0. The first-order chi connectivity index (χ1) is 37.9. The molecule has 1 saturated heterocycles. The van der Waals surface area contributed by atoms with Crippen LogP contribution in [0.25, 0.3) is 0 Å². The van der Waals surface area contributed by atoms with Crippen LogP contribution in [-0.2, 0) is 28.7 Å². The predicted octanol–water partition coefficient (Wildman–Crippen LogP) is 7.79. The van der Waals surface area contributed by atoms with Crippen LogP contribution in [0.4, 0.5) is 0 Å². The first-order valence-corrected chi connectivity index (χ1v) is 28.1. The van der Waals surface area contributed by atoms with Crippen molar-refractivity contribution in [3.8, 4) is 17.2 Å². The van der Waals surface area contributed by atoms with Gasteiger partial charge in [0.15, 0.2) is 5.78 Å². The highest BCUT2D eigenvalue weighted by Crippen LogP contribution is 2.52.